The van der Waals surface area contributed by atoms with Crippen LogP contribution >= 0.6 is 0 Å². The molecule has 2 aromatic carbocycles. The van der Waals surface area contributed by atoms with Crippen LogP contribution in [0.25, 0.3) is 11.3 Å². The zero-order valence-corrected chi connectivity index (χ0v) is 15.5. The Balaban J connectivity index is 0.00000126. The Kier molecular flexibility index (Phi) is 6.61. The van der Waals surface area contributed by atoms with Gasteiger partial charge in [-0.15, -0.1) is 0 Å². The third-order valence-electron chi connectivity index (χ3n) is 4.04. The minimum atomic E-state index is -1.05. The summed E-state index contributed by atoms with van der Waals surface area (Å²) in [7, 11) is 0. The molecule has 0 saturated carbocycles. The largest absolute Gasteiger partial charge is 0.339 e. The number of nitrogens with zero attached hydrogens (tertiary/aromatic N) is 1. The molecule has 27 heavy (non-hydrogen) atoms. The van der Waals surface area contributed by atoms with E-state index in [4.69, 9.17) is 0 Å². The van der Waals surface area contributed by atoms with Crippen LogP contribution in [0.15, 0.2) is 66.6 Å². The third-order valence-corrected chi connectivity index (χ3v) is 4.04. The van der Waals surface area contributed by atoms with Gasteiger partial charge < -0.3 is 4.90 Å². The summed E-state index contributed by atoms with van der Waals surface area (Å²) < 4.78 is 56.5. The van der Waals surface area contributed by atoms with Crippen molar-refractivity contribution in [3.8, 4) is 0 Å². The van der Waals surface area contributed by atoms with Crippen LogP contribution in [0.1, 0.15) is 31.9 Å². The fourth-order valence-corrected chi connectivity index (χ4v) is 2.91. The summed E-state index contributed by atoms with van der Waals surface area (Å²) in [5, 5.41) is 0. The van der Waals surface area contributed by atoms with Gasteiger partial charge in [-0.1, -0.05) is 50.8 Å². The topological polar surface area (TPSA) is 3.24 Å². The highest BCUT2D eigenvalue weighted by Gasteiger charge is 2.29. The lowest BCUT2D eigenvalue weighted by Gasteiger charge is -2.33. The molecule has 0 aliphatic carbocycles. The zero-order chi connectivity index (χ0) is 20.1. The predicted molar refractivity (Wildman–Crippen MR) is 102 cm³/mol. The normalized spacial score (nSPS) is 14.0. The van der Waals surface area contributed by atoms with Crippen LogP contribution in [-0.4, -0.2) is 11.4 Å². The Hall–Kier alpha value is -2.82. The van der Waals surface area contributed by atoms with Crippen molar-refractivity contribution in [2.24, 2.45) is 0 Å². The van der Waals surface area contributed by atoms with Crippen LogP contribution in [0.3, 0.4) is 0 Å². The number of halogens is 4. The van der Waals surface area contributed by atoms with Gasteiger partial charge in [0.25, 0.3) is 0 Å². The monoisotopic (exact) mass is 375 g/mol. The molecule has 0 amide bonds. The summed E-state index contributed by atoms with van der Waals surface area (Å²) in [5.74, 6) is -3.71. The van der Waals surface area contributed by atoms with E-state index in [0.717, 1.165) is 0 Å². The standard InChI is InChI=1S/C20H15F4N.C2H6/c1-3-25-12(2)16(22)11-15(13-7-5-4-6-8-13)20(25)19-17(23)9-14(21)10-18(19)24;1-2/h4-11H,2-3H2,1H3;1-2H3. The van der Waals surface area contributed by atoms with Gasteiger partial charge in [0.05, 0.1) is 17.0 Å². The molecule has 0 saturated heterocycles. The first-order valence-electron chi connectivity index (χ1n) is 8.72. The number of allylic oxidation sites excluding steroid dienone is 3. The Morgan fingerprint density at radius 3 is 2.00 bits per heavy atom. The van der Waals surface area contributed by atoms with Crippen molar-refractivity contribution in [3.05, 3.63) is 95.2 Å². The van der Waals surface area contributed by atoms with Crippen molar-refractivity contribution in [1.82, 2.24) is 4.90 Å². The van der Waals surface area contributed by atoms with Crippen LogP contribution in [0, 0.1) is 17.5 Å². The molecule has 5 heteroatoms. The van der Waals surface area contributed by atoms with E-state index < -0.39 is 28.8 Å². The Morgan fingerprint density at radius 1 is 0.926 bits per heavy atom. The van der Waals surface area contributed by atoms with E-state index >= 15 is 0 Å². The fraction of sp³-hybridized carbons (Fsp3) is 0.182. The highest BCUT2D eigenvalue weighted by atomic mass is 19.1. The Labute approximate surface area is 156 Å². The maximum Gasteiger partial charge on any atom is 0.146 e. The van der Waals surface area contributed by atoms with Gasteiger partial charge in [-0.3, -0.25) is 0 Å². The quantitative estimate of drug-likeness (QED) is 0.540. The van der Waals surface area contributed by atoms with E-state index in [1.54, 1.807) is 37.3 Å². The molecule has 1 heterocycles. The molecular weight excluding hydrogens is 354 g/mol. The second kappa shape index (κ2) is 8.71. The van der Waals surface area contributed by atoms with E-state index in [2.05, 4.69) is 6.58 Å². The molecule has 1 aliphatic heterocycles. The van der Waals surface area contributed by atoms with Crippen molar-refractivity contribution < 1.29 is 17.6 Å². The third kappa shape index (κ3) is 3.97. The summed E-state index contributed by atoms with van der Waals surface area (Å²) in [6.45, 7) is 9.61. The fourth-order valence-electron chi connectivity index (χ4n) is 2.91. The van der Waals surface area contributed by atoms with Gasteiger partial charge in [0, 0.05) is 24.3 Å². The molecule has 0 fully saturated rings. The van der Waals surface area contributed by atoms with Gasteiger partial charge >= 0.3 is 0 Å². The van der Waals surface area contributed by atoms with Crippen molar-refractivity contribution in [1.29, 1.82) is 0 Å². The van der Waals surface area contributed by atoms with E-state index in [0.29, 0.717) is 23.3 Å². The number of hydrogen-bond acceptors (Lipinski definition) is 1. The number of benzene rings is 2. The van der Waals surface area contributed by atoms with Crippen LogP contribution < -0.4 is 0 Å². The summed E-state index contributed by atoms with van der Waals surface area (Å²) >= 11 is 0. The van der Waals surface area contributed by atoms with Crippen LogP contribution in [0.2, 0.25) is 0 Å². The highest BCUT2D eigenvalue weighted by molar-refractivity contribution is 5.97. The van der Waals surface area contributed by atoms with Gasteiger partial charge in [0.15, 0.2) is 0 Å². The first-order chi connectivity index (χ1) is 12.9. The second-order valence-corrected chi connectivity index (χ2v) is 5.56. The SMILES string of the molecule is C=C1C(F)=CC(c2ccccc2)=C(c2c(F)cc(F)cc2F)N1CC.CC. The summed E-state index contributed by atoms with van der Waals surface area (Å²) in [5.41, 5.74) is 0.598. The lowest BCUT2D eigenvalue weighted by Crippen LogP contribution is -2.26. The van der Waals surface area contributed by atoms with E-state index in [9.17, 15) is 17.6 Å². The smallest absolute Gasteiger partial charge is 0.146 e. The Bertz CT molecular complexity index is 875. The molecule has 1 nitrogen and oxygen atoms in total. The molecule has 0 aromatic heterocycles. The molecule has 0 N–H and O–H groups in total. The maximum atomic E-state index is 14.4. The lowest BCUT2D eigenvalue weighted by molar-refractivity contribution is 0.467. The van der Waals surface area contributed by atoms with Crippen molar-refractivity contribution in [2.45, 2.75) is 20.8 Å². The van der Waals surface area contributed by atoms with Gasteiger partial charge in [-0.25, -0.2) is 17.6 Å². The van der Waals surface area contributed by atoms with Crippen LogP contribution in [0.4, 0.5) is 17.6 Å². The molecule has 0 atom stereocenters. The van der Waals surface area contributed by atoms with E-state index in [-0.39, 0.29) is 17.9 Å². The van der Waals surface area contributed by atoms with Crippen molar-refractivity contribution in [3.63, 3.8) is 0 Å². The molecule has 3 rings (SSSR count). The van der Waals surface area contributed by atoms with Gasteiger partial charge in [-0.2, -0.15) is 0 Å². The van der Waals surface area contributed by atoms with E-state index in [1.807, 2.05) is 13.8 Å². The summed E-state index contributed by atoms with van der Waals surface area (Å²) in [6.07, 6.45) is 1.20. The number of likely N-dealkylation sites (N-methyl/N-ethyl adjacent to an activating group) is 1. The molecule has 1 aliphatic rings. The van der Waals surface area contributed by atoms with Crippen LogP contribution in [-0.2, 0) is 0 Å². The molecule has 0 radical (unpaired) electrons. The average Bonchev–Trinajstić information content (AvgIpc) is 2.66. The average molecular weight is 375 g/mol. The first kappa shape index (κ1) is 20.5. The van der Waals surface area contributed by atoms with Gasteiger partial charge in [0.1, 0.15) is 23.3 Å². The summed E-state index contributed by atoms with van der Waals surface area (Å²) in [6, 6.07) is 9.90. The minimum Gasteiger partial charge on any atom is -0.339 e. The molecule has 0 unspecified atom stereocenters. The van der Waals surface area contributed by atoms with E-state index in [1.165, 1.54) is 11.0 Å². The second-order valence-electron chi connectivity index (χ2n) is 5.56. The minimum absolute atomic E-state index is 0.000283. The molecule has 2 aromatic rings. The van der Waals surface area contributed by atoms with Crippen LogP contribution in [0.5, 0.6) is 0 Å². The van der Waals surface area contributed by atoms with Crippen molar-refractivity contribution in [2.75, 3.05) is 6.54 Å². The highest BCUT2D eigenvalue weighted by Crippen LogP contribution is 2.41. The van der Waals surface area contributed by atoms with Crippen molar-refractivity contribution >= 4 is 11.3 Å². The number of rotatable bonds is 3. The molecule has 142 valence electrons. The van der Waals surface area contributed by atoms with Gasteiger partial charge in [0.2, 0.25) is 0 Å². The number of hydrogen-bond donors (Lipinski definition) is 0. The summed E-state index contributed by atoms with van der Waals surface area (Å²) in [4.78, 5) is 1.39. The Morgan fingerprint density at radius 2 is 1.48 bits per heavy atom. The first-order valence-corrected chi connectivity index (χ1v) is 8.72. The van der Waals surface area contributed by atoms with Gasteiger partial charge in [-0.05, 0) is 18.6 Å². The molecular formula is C22H21F4N. The molecule has 0 spiro atoms. The molecule has 0 bridgehead atoms. The maximum absolute atomic E-state index is 14.4. The zero-order valence-electron chi connectivity index (χ0n) is 15.5. The predicted octanol–water partition coefficient (Wildman–Crippen LogP) is 6.70. The lowest BCUT2D eigenvalue weighted by atomic mass is 9.94.